The highest BCUT2D eigenvalue weighted by Crippen LogP contribution is 2.45. The summed E-state index contributed by atoms with van der Waals surface area (Å²) in [6, 6.07) is 13.4. The molecule has 2 aromatic heterocycles. The van der Waals surface area contributed by atoms with Crippen molar-refractivity contribution in [3.63, 3.8) is 0 Å². The summed E-state index contributed by atoms with van der Waals surface area (Å²) in [4.78, 5) is 24.5. The first-order valence-corrected chi connectivity index (χ1v) is 11.6. The van der Waals surface area contributed by atoms with E-state index in [1.165, 1.54) is 0 Å². The zero-order valence-electron chi connectivity index (χ0n) is 19.6. The molecule has 0 atom stereocenters. The first kappa shape index (κ1) is 21.4. The van der Waals surface area contributed by atoms with Crippen molar-refractivity contribution in [2.24, 2.45) is 0 Å². The van der Waals surface area contributed by atoms with Crippen LogP contribution in [0.1, 0.15) is 29.6 Å². The minimum atomic E-state index is -0.557. The van der Waals surface area contributed by atoms with Gasteiger partial charge in [0.1, 0.15) is 40.6 Å². The maximum atomic E-state index is 13.2. The standard InChI is InChI=1S/C26H25N5O4/c1-33-18-12-21(34-2)23-20(32)14-26(35-22(23)13-18)8-10-30(11-9-26)24-19-15-29-31(25(19)28-16-27-24)17-6-4-3-5-7-17/h3-7,12-13,15-16H,8-11,14H2,1-2H3. The largest absolute Gasteiger partial charge is 0.496 e. The van der Waals surface area contributed by atoms with Gasteiger partial charge in [-0.3, -0.25) is 4.79 Å². The second kappa shape index (κ2) is 8.26. The summed E-state index contributed by atoms with van der Waals surface area (Å²) in [6.45, 7) is 1.40. The van der Waals surface area contributed by atoms with E-state index in [-0.39, 0.29) is 5.78 Å². The molecule has 0 radical (unpaired) electrons. The van der Waals surface area contributed by atoms with E-state index in [0.717, 1.165) is 22.5 Å². The van der Waals surface area contributed by atoms with Crippen molar-refractivity contribution in [2.75, 3.05) is 32.2 Å². The van der Waals surface area contributed by atoms with E-state index in [1.54, 1.807) is 32.7 Å². The molecule has 1 spiro atoms. The fourth-order valence-electron chi connectivity index (χ4n) is 5.10. The summed E-state index contributed by atoms with van der Waals surface area (Å²) >= 11 is 0. The lowest BCUT2D eigenvalue weighted by Gasteiger charge is -2.44. The van der Waals surface area contributed by atoms with E-state index in [9.17, 15) is 4.79 Å². The number of Topliss-reactive ketones (excluding diaryl/α,β-unsaturated/α-hetero) is 1. The number of ether oxygens (including phenoxy) is 3. The number of piperidine rings is 1. The van der Waals surface area contributed by atoms with E-state index >= 15 is 0 Å². The van der Waals surface area contributed by atoms with Crippen LogP contribution in [0.15, 0.2) is 55.0 Å². The molecule has 4 heterocycles. The zero-order valence-corrected chi connectivity index (χ0v) is 19.6. The Hall–Kier alpha value is -4.14. The molecule has 2 aliphatic heterocycles. The van der Waals surface area contributed by atoms with E-state index < -0.39 is 5.60 Å². The van der Waals surface area contributed by atoms with E-state index in [1.807, 2.05) is 41.2 Å². The average Bonchev–Trinajstić information content (AvgIpc) is 3.33. The van der Waals surface area contributed by atoms with Crippen LogP contribution >= 0.6 is 0 Å². The van der Waals surface area contributed by atoms with Crippen LogP contribution in [0.25, 0.3) is 16.7 Å². The first-order chi connectivity index (χ1) is 17.1. The number of benzene rings is 2. The fraction of sp³-hybridized carbons (Fsp3) is 0.308. The van der Waals surface area contributed by atoms with Crippen LogP contribution in [0.5, 0.6) is 17.2 Å². The van der Waals surface area contributed by atoms with Crippen LogP contribution in [0.3, 0.4) is 0 Å². The normalized spacial score (nSPS) is 16.7. The Bertz CT molecular complexity index is 1410. The van der Waals surface area contributed by atoms with E-state index in [4.69, 9.17) is 14.2 Å². The smallest absolute Gasteiger partial charge is 0.174 e. The van der Waals surface area contributed by atoms with Gasteiger partial charge in [-0.15, -0.1) is 0 Å². The quantitative estimate of drug-likeness (QED) is 0.443. The summed E-state index contributed by atoms with van der Waals surface area (Å²) in [5, 5.41) is 5.46. The predicted molar refractivity (Wildman–Crippen MR) is 130 cm³/mol. The summed E-state index contributed by atoms with van der Waals surface area (Å²) in [5.74, 6) is 2.49. The molecular weight excluding hydrogens is 446 g/mol. The van der Waals surface area contributed by atoms with Crippen LogP contribution in [-0.2, 0) is 0 Å². The molecule has 1 saturated heterocycles. The Balaban J connectivity index is 1.27. The molecule has 0 amide bonds. The van der Waals surface area contributed by atoms with E-state index in [0.29, 0.717) is 55.2 Å². The van der Waals surface area contributed by atoms with E-state index in [2.05, 4.69) is 20.0 Å². The highest BCUT2D eigenvalue weighted by molar-refractivity contribution is 6.03. The third kappa shape index (κ3) is 3.54. The molecule has 4 aromatic rings. The van der Waals surface area contributed by atoms with Gasteiger partial charge in [0.25, 0.3) is 0 Å². The third-order valence-electron chi connectivity index (χ3n) is 6.90. The van der Waals surface area contributed by atoms with Gasteiger partial charge in [0.05, 0.1) is 37.9 Å². The van der Waals surface area contributed by atoms with Crippen molar-refractivity contribution in [1.29, 1.82) is 0 Å². The lowest BCUT2D eigenvalue weighted by atomic mass is 9.82. The lowest BCUT2D eigenvalue weighted by Crippen LogP contribution is -2.51. The SMILES string of the molecule is COc1cc(OC)c2c(c1)OC1(CCN(c3ncnc4c3cnn4-c3ccccc3)CC1)CC2=O. The number of hydrogen-bond donors (Lipinski definition) is 0. The van der Waals surface area contributed by atoms with Crippen molar-refractivity contribution in [3.8, 4) is 22.9 Å². The second-order valence-electron chi connectivity index (χ2n) is 8.90. The van der Waals surface area contributed by atoms with Gasteiger partial charge >= 0.3 is 0 Å². The molecular formula is C26H25N5O4. The molecule has 0 unspecified atom stereocenters. The molecule has 2 aliphatic rings. The van der Waals surface area contributed by atoms with Crippen molar-refractivity contribution < 1.29 is 19.0 Å². The van der Waals surface area contributed by atoms with Gasteiger partial charge in [0, 0.05) is 38.1 Å². The van der Waals surface area contributed by atoms with Crippen LogP contribution in [0, 0.1) is 0 Å². The number of ketones is 1. The number of fused-ring (bicyclic) bond motifs is 2. The topological polar surface area (TPSA) is 91.6 Å². The second-order valence-corrected chi connectivity index (χ2v) is 8.90. The molecule has 9 nitrogen and oxygen atoms in total. The Kier molecular flexibility index (Phi) is 5.05. The Morgan fingerprint density at radius 3 is 2.57 bits per heavy atom. The number of methoxy groups -OCH3 is 2. The highest BCUT2D eigenvalue weighted by atomic mass is 16.5. The number of rotatable bonds is 4. The average molecular weight is 472 g/mol. The molecule has 0 N–H and O–H groups in total. The number of carbonyl (C=O) groups excluding carboxylic acids is 1. The van der Waals surface area contributed by atoms with Gasteiger partial charge in [0.2, 0.25) is 0 Å². The van der Waals surface area contributed by atoms with Gasteiger partial charge in [-0.25, -0.2) is 14.6 Å². The predicted octanol–water partition coefficient (Wildman–Crippen LogP) is 3.84. The number of nitrogens with zero attached hydrogens (tertiary/aromatic N) is 5. The molecule has 178 valence electrons. The number of anilines is 1. The number of carbonyl (C=O) groups is 1. The maximum absolute atomic E-state index is 13.2. The molecule has 9 heteroatoms. The summed E-state index contributed by atoms with van der Waals surface area (Å²) in [5.41, 5.74) is 1.65. The fourth-order valence-corrected chi connectivity index (χ4v) is 5.10. The van der Waals surface area contributed by atoms with Gasteiger partial charge < -0.3 is 19.1 Å². The van der Waals surface area contributed by atoms with Gasteiger partial charge in [-0.05, 0) is 12.1 Å². The Morgan fingerprint density at radius 2 is 1.83 bits per heavy atom. The summed E-state index contributed by atoms with van der Waals surface area (Å²) < 4.78 is 19.1. The molecule has 35 heavy (non-hydrogen) atoms. The molecule has 0 aliphatic carbocycles. The van der Waals surface area contributed by atoms with Crippen LogP contribution in [0.4, 0.5) is 5.82 Å². The Labute approximate surface area is 202 Å². The lowest BCUT2D eigenvalue weighted by molar-refractivity contribution is 0.0225. The van der Waals surface area contributed by atoms with Gasteiger partial charge in [-0.1, -0.05) is 18.2 Å². The summed E-state index contributed by atoms with van der Waals surface area (Å²) in [6.07, 6.45) is 5.10. The monoisotopic (exact) mass is 471 g/mol. The van der Waals surface area contributed by atoms with Crippen molar-refractivity contribution >= 4 is 22.6 Å². The number of aromatic nitrogens is 4. The van der Waals surface area contributed by atoms with Crippen molar-refractivity contribution in [2.45, 2.75) is 24.9 Å². The van der Waals surface area contributed by atoms with Crippen LogP contribution in [0.2, 0.25) is 0 Å². The highest BCUT2D eigenvalue weighted by Gasteiger charge is 2.44. The molecule has 0 bridgehead atoms. The van der Waals surface area contributed by atoms with Crippen LogP contribution in [-0.4, -0.2) is 58.4 Å². The Morgan fingerprint density at radius 1 is 1.03 bits per heavy atom. The number of para-hydroxylation sites is 1. The first-order valence-electron chi connectivity index (χ1n) is 11.6. The minimum absolute atomic E-state index is 0.0350. The zero-order chi connectivity index (χ0) is 24.0. The maximum Gasteiger partial charge on any atom is 0.174 e. The molecule has 1 fully saturated rings. The van der Waals surface area contributed by atoms with Crippen LogP contribution < -0.4 is 19.1 Å². The van der Waals surface area contributed by atoms with Crippen molar-refractivity contribution in [1.82, 2.24) is 19.7 Å². The molecule has 0 saturated carbocycles. The summed E-state index contributed by atoms with van der Waals surface area (Å²) in [7, 11) is 3.13. The molecule has 2 aromatic carbocycles. The van der Waals surface area contributed by atoms with Crippen molar-refractivity contribution in [3.05, 3.63) is 60.6 Å². The number of hydrogen-bond acceptors (Lipinski definition) is 8. The minimum Gasteiger partial charge on any atom is -0.496 e. The van der Waals surface area contributed by atoms with Gasteiger partial charge in [-0.2, -0.15) is 5.10 Å². The molecule has 6 rings (SSSR count). The third-order valence-corrected chi connectivity index (χ3v) is 6.90. The van der Waals surface area contributed by atoms with Gasteiger partial charge in [0.15, 0.2) is 11.4 Å².